The molecular weight excluding hydrogens is 300 g/mol. The molecule has 0 saturated heterocycles. The summed E-state index contributed by atoms with van der Waals surface area (Å²) >= 11 is 0. The van der Waals surface area contributed by atoms with Gasteiger partial charge in [-0.3, -0.25) is 4.79 Å². The van der Waals surface area contributed by atoms with E-state index < -0.39 is 0 Å². The molecule has 1 aromatic rings. The molecule has 0 heterocycles. The Bertz CT molecular complexity index is 543. The molecule has 3 rings (SSSR count). The molecule has 0 spiro atoms. The van der Waals surface area contributed by atoms with Crippen LogP contribution < -0.4 is 15.8 Å². The molecule has 1 aromatic carbocycles. The topological polar surface area (TPSA) is 64.3 Å². The van der Waals surface area contributed by atoms with Gasteiger partial charge in [-0.1, -0.05) is 13.3 Å². The highest BCUT2D eigenvalue weighted by atomic mass is 16.5. The highest BCUT2D eigenvalue weighted by Gasteiger charge is 2.39. The average Bonchev–Trinajstić information content (AvgIpc) is 2.56. The van der Waals surface area contributed by atoms with Crippen LogP contribution in [0.5, 0.6) is 5.75 Å². The monoisotopic (exact) mass is 330 g/mol. The summed E-state index contributed by atoms with van der Waals surface area (Å²) in [5, 5.41) is 3.29. The predicted molar refractivity (Wildman–Crippen MR) is 96.1 cm³/mol. The van der Waals surface area contributed by atoms with Crippen molar-refractivity contribution < 1.29 is 9.53 Å². The molecule has 2 aliphatic carbocycles. The molecule has 24 heavy (non-hydrogen) atoms. The lowest BCUT2D eigenvalue weighted by atomic mass is 9.67. The van der Waals surface area contributed by atoms with Gasteiger partial charge in [-0.15, -0.1) is 0 Å². The van der Waals surface area contributed by atoms with Gasteiger partial charge < -0.3 is 15.8 Å². The largest absolute Gasteiger partial charge is 0.491 e. The number of amides is 1. The van der Waals surface area contributed by atoms with E-state index in [1.165, 1.54) is 19.3 Å². The summed E-state index contributed by atoms with van der Waals surface area (Å²) in [6.07, 6.45) is 6.90. The molecule has 1 amide bonds. The van der Waals surface area contributed by atoms with E-state index in [2.05, 4.69) is 12.2 Å². The number of hydrogen-bond acceptors (Lipinski definition) is 3. The number of carbonyl (C=O) groups excluding carboxylic acids is 1. The van der Waals surface area contributed by atoms with E-state index >= 15 is 0 Å². The first kappa shape index (κ1) is 17.3. The molecule has 4 nitrogen and oxygen atoms in total. The summed E-state index contributed by atoms with van der Waals surface area (Å²) in [4.78, 5) is 12.6. The Morgan fingerprint density at radius 3 is 2.46 bits per heavy atom. The van der Waals surface area contributed by atoms with Gasteiger partial charge in [0.15, 0.2) is 0 Å². The van der Waals surface area contributed by atoms with Gasteiger partial charge in [-0.2, -0.15) is 0 Å². The van der Waals surface area contributed by atoms with Crippen molar-refractivity contribution >= 4 is 5.91 Å². The van der Waals surface area contributed by atoms with E-state index in [0.29, 0.717) is 29.5 Å². The Kier molecular flexibility index (Phi) is 5.44. The third-order valence-corrected chi connectivity index (χ3v) is 5.70. The molecule has 2 bridgehead atoms. The first-order chi connectivity index (χ1) is 11.6. The molecular formula is C20H30N2O2. The summed E-state index contributed by atoms with van der Waals surface area (Å²) in [5.41, 5.74) is 6.88. The van der Waals surface area contributed by atoms with Crippen molar-refractivity contribution in [3.05, 3.63) is 29.8 Å². The zero-order valence-electron chi connectivity index (χ0n) is 14.8. The van der Waals surface area contributed by atoms with Crippen LogP contribution in [0.3, 0.4) is 0 Å². The van der Waals surface area contributed by atoms with Gasteiger partial charge in [0, 0.05) is 17.6 Å². The minimum absolute atomic E-state index is 0.0301. The Morgan fingerprint density at radius 2 is 1.88 bits per heavy atom. The quantitative estimate of drug-likeness (QED) is 0.868. The number of fused-ring (bicyclic) bond motifs is 2. The Hall–Kier alpha value is -1.55. The van der Waals surface area contributed by atoms with Gasteiger partial charge in [-0.25, -0.2) is 0 Å². The third kappa shape index (κ3) is 3.92. The predicted octanol–water partition coefficient (Wildman–Crippen LogP) is 3.50. The molecule has 132 valence electrons. The van der Waals surface area contributed by atoms with Crippen molar-refractivity contribution in [3.63, 3.8) is 0 Å². The summed E-state index contributed by atoms with van der Waals surface area (Å²) in [6, 6.07) is 8.10. The third-order valence-electron chi connectivity index (χ3n) is 5.70. The van der Waals surface area contributed by atoms with Crippen molar-refractivity contribution in [2.75, 3.05) is 0 Å². The second-order valence-electron chi connectivity index (χ2n) is 7.54. The lowest BCUT2D eigenvalue weighted by molar-refractivity contribution is 0.0756. The zero-order chi connectivity index (χ0) is 17.1. The van der Waals surface area contributed by atoms with Crippen molar-refractivity contribution in [3.8, 4) is 5.75 Å². The maximum atomic E-state index is 12.6. The van der Waals surface area contributed by atoms with E-state index in [4.69, 9.17) is 10.5 Å². The number of hydrogen-bond donors (Lipinski definition) is 2. The van der Waals surface area contributed by atoms with Crippen LogP contribution >= 0.6 is 0 Å². The van der Waals surface area contributed by atoms with Crippen LogP contribution in [0.2, 0.25) is 0 Å². The molecule has 0 radical (unpaired) electrons. The molecule has 3 unspecified atom stereocenters. The summed E-state index contributed by atoms with van der Waals surface area (Å²) < 4.78 is 5.78. The van der Waals surface area contributed by atoms with Gasteiger partial charge >= 0.3 is 0 Å². The lowest BCUT2D eigenvalue weighted by Crippen LogP contribution is -2.53. The molecule has 2 fully saturated rings. The molecule has 3 N–H and O–H groups in total. The van der Waals surface area contributed by atoms with Crippen molar-refractivity contribution in [1.82, 2.24) is 5.32 Å². The van der Waals surface area contributed by atoms with Gasteiger partial charge in [0.05, 0.1) is 6.10 Å². The number of benzene rings is 1. The van der Waals surface area contributed by atoms with Gasteiger partial charge in [0.25, 0.3) is 5.91 Å². The Balaban J connectivity index is 1.62. The highest BCUT2D eigenvalue weighted by Crippen LogP contribution is 2.39. The molecule has 0 aromatic heterocycles. The fourth-order valence-electron chi connectivity index (χ4n) is 4.26. The highest BCUT2D eigenvalue weighted by molar-refractivity contribution is 5.94. The number of rotatable bonds is 5. The fraction of sp³-hybridized carbons (Fsp3) is 0.650. The molecule has 0 aliphatic heterocycles. The van der Waals surface area contributed by atoms with Gasteiger partial charge in [0.1, 0.15) is 5.75 Å². The minimum atomic E-state index is 0.0301. The Labute approximate surface area is 145 Å². The first-order valence-electron chi connectivity index (χ1n) is 9.40. The summed E-state index contributed by atoms with van der Waals surface area (Å²) in [6.45, 7) is 4.15. The zero-order valence-corrected chi connectivity index (χ0v) is 14.8. The molecule has 3 atom stereocenters. The van der Waals surface area contributed by atoms with E-state index in [1.54, 1.807) is 0 Å². The number of nitrogens with two attached hydrogens (primary N) is 1. The van der Waals surface area contributed by atoms with Crippen molar-refractivity contribution in [2.24, 2.45) is 17.6 Å². The first-order valence-corrected chi connectivity index (χ1v) is 9.40. The SMILES string of the molecule is CCC(C)Oc1ccc(C(=O)NC2C3CCCC2CC(N)C3)cc1. The maximum Gasteiger partial charge on any atom is 0.251 e. The molecule has 2 saturated carbocycles. The van der Waals surface area contributed by atoms with E-state index in [1.807, 2.05) is 31.2 Å². The van der Waals surface area contributed by atoms with Crippen molar-refractivity contribution in [1.29, 1.82) is 0 Å². The van der Waals surface area contributed by atoms with Crippen LogP contribution in [-0.2, 0) is 0 Å². The molecule has 4 heteroatoms. The van der Waals surface area contributed by atoms with E-state index in [-0.39, 0.29) is 12.0 Å². The van der Waals surface area contributed by atoms with Crippen LogP contribution in [0.25, 0.3) is 0 Å². The number of carbonyl (C=O) groups is 1. The molecule has 2 aliphatic rings. The van der Waals surface area contributed by atoms with Gasteiger partial charge in [0.2, 0.25) is 0 Å². The van der Waals surface area contributed by atoms with Crippen LogP contribution in [-0.4, -0.2) is 24.1 Å². The maximum absolute atomic E-state index is 12.6. The smallest absolute Gasteiger partial charge is 0.251 e. The second-order valence-corrected chi connectivity index (χ2v) is 7.54. The fourth-order valence-corrected chi connectivity index (χ4v) is 4.26. The number of ether oxygens (including phenoxy) is 1. The van der Waals surface area contributed by atoms with E-state index in [0.717, 1.165) is 25.0 Å². The van der Waals surface area contributed by atoms with Crippen LogP contribution in [0.15, 0.2) is 24.3 Å². The number of nitrogens with one attached hydrogen (secondary N) is 1. The summed E-state index contributed by atoms with van der Waals surface area (Å²) in [5.74, 6) is 1.94. The minimum Gasteiger partial charge on any atom is -0.491 e. The van der Waals surface area contributed by atoms with Crippen LogP contribution in [0.4, 0.5) is 0 Å². The second kappa shape index (κ2) is 7.56. The summed E-state index contributed by atoms with van der Waals surface area (Å²) in [7, 11) is 0. The van der Waals surface area contributed by atoms with Crippen LogP contribution in [0.1, 0.15) is 62.7 Å². The average molecular weight is 330 g/mol. The van der Waals surface area contributed by atoms with Crippen molar-refractivity contribution in [2.45, 2.75) is 70.6 Å². The standard InChI is InChI=1S/C20H30N2O2/c1-3-13(2)24-18-9-7-14(8-10-18)20(23)22-19-15-5-4-6-16(19)12-17(21)11-15/h7-10,13,15-17,19H,3-6,11-12,21H2,1-2H3,(H,22,23). The van der Waals surface area contributed by atoms with E-state index in [9.17, 15) is 4.79 Å². The Morgan fingerprint density at radius 1 is 1.25 bits per heavy atom. The van der Waals surface area contributed by atoms with Crippen LogP contribution in [0, 0.1) is 11.8 Å². The normalized spacial score (nSPS) is 30.5. The van der Waals surface area contributed by atoms with Gasteiger partial charge in [-0.05, 0) is 75.1 Å². The lowest BCUT2D eigenvalue weighted by Gasteiger charge is -2.45.